The maximum absolute atomic E-state index is 12.9. The molecule has 2 N–H and O–H groups in total. The van der Waals surface area contributed by atoms with Crippen molar-refractivity contribution in [1.29, 1.82) is 0 Å². The molecule has 0 unspecified atom stereocenters. The zero-order valence-corrected chi connectivity index (χ0v) is 17.8. The summed E-state index contributed by atoms with van der Waals surface area (Å²) in [6.07, 6.45) is -1.20. The summed E-state index contributed by atoms with van der Waals surface area (Å²) < 4.78 is 46.0. The maximum Gasteiger partial charge on any atom is 0.416 e. The third-order valence-corrected chi connectivity index (χ3v) is 5.04. The Bertz CT molecular complexity index is 1440. The van der Waals surface area contributed by atoms with Crippen molar-refractivity contribution in [1.82, 2.24) is 24.6 Å². The van der Waals surface area contributed by atoms with E-state index in [1.54, 1.807) is 29.0 Å². The average molecular weight is 465 g/mol. The van der Waals surface area contributed by atoms with Gasteiger partial charge in [-0.15, -0.1) is 5.10 Å². The molecule has 0 saturated carbocycles. The highest BCUT2D eigenvalue weighted by atomic mass is 19.4. The van der Waals surface area contributed by atoms with E-state index in [4.69, 9.17) is 4.42 Å². The molecular weight excluding hydrogens is 447 g/mol. The van der Waals surface area contributed by atoms with Crippen LogP contribution in [0.5, 0.6) is 0 Å². The first-order chi connectivity index (χ1) is 16.3. The normalized spacial score (nSPS) is 11.6. The lowest BCUT2D eigenvalue weighted by Crippen LogP contribution is -2.07. The van der Waals surface area contributed by atoms with Gasteiger partial charge in [-0.2, -0.15) is 22.7 Å². The van der Waals surface area contributed by atoms with Crippen LogP contribution in [-0.4, -0.2) is 24.6 Å². The van der Waals surface area contributed by atoms with Crippen molar-refractivity contribution < 1.29 is 17.6 Å². The quantitative estimate of drug-likeness (QED) is 0.344. The SMILES string of the molecule is Cc1ncc2oc(-c3ccc(Nc4nccc(NCc5cccc(C(F)(F)F)c5)n4)cc3)nn12. The molecule has 0 radical (unpaired) electrons. The predicted molar refractivity (Wildman–Crippen MR) is 120 cm³/mol. The van der Waals surface area contributed by atoms with Crippen molar-refractivity contribution in [2.75, 3.05) is 10.6 Å². The lowest BCUT2D eigenvalue weighted by Gasteiger charge is -2.11. The molecule has 0 amide bonds. The van der Waals surface area contributed by atoms with Gasteiger partial charge in [0.2, 0.25) is 17.6 Å². The van der Waals surface area contributed by atoms with Crippen LogP contribution in [0, 0.1) is 6.92 Å². The highest BCUT2D eigenvalue weighted by molar-refractivity contribution is 5.62. The zero-order chi connectivity index (χ0) is 23.7. The van der Waals surface area contributed by atoms with Crippen molar-refractivity contribution in [3.8, 4) is 11.5 Å². The molecule has 0 aliphatic carbocycles. The van der Waals surface area contributed by atoms with Crippen LogP contribution in [0.2, 0.25) is 0 Å². The fourth-order valence-electron chi connectivity index (χ4n) is 3.33. The minimum absolute atomic E-state index is 0.189. The number of anilines is 3. The summed E-state index contributed by atoms with van der Waals surface area (Å²) in [5.74, 6) is 2.03. The van der Waals surface area contributed by atoms with Gasteiger partial charge in [-0.05, 0) is 55.0 Å². The first-order valence-electron chi connectivity index (χ1n) is 10.3. The van der Waals surface area contributed by atoms with E-state index in [0.29, 0.717) is 28.9 Å². The van der Waals surface area contributed by atoms with Gasteiger partial charge in [0, 0.05) is 24.0 Å². The van der Waals surface area contributed by atoms with Crippen LogP contribution in [0.25, 0.3) is 17.2 Å². The second-order valence-electron chi connectivity index (χ2n) is 7.48. The van der Waals surface area contributed by atoms with Gasteiger partial charge in [0.05, 0.1) is 11.8 Å². The largest absolute Gasteiger partial charge is 0.417 e. The van der Waals surface area contributed by atoms with Crippen LogP contribution in [0.1, 0.15) is 17.0 Å². The van der Waals surface area contributed by atoms with Gasteiger partial charge < -0.3 is 15.1 Å². The monoisotopic (exact) mass is 465 g/mol. The number of nitrogens with one attached hydrogen (secondary N) is 2. The number of aromatic nitrogens is 5. The molecule has 0 atom stereocenters. The van der Waals surface area contributed by atoms with E-state index in [2.05, 4.69) is 30.7 Å². The zero-order valence-electron chi connectivity index (χ0n) is 17.8. The van der Waals surface area contributed by atoms with Crippen LogP contribution in [-0.2, 0) is 12.7 Å². The number of hydrogen-bond acceptors (Lipinski definition) is 7. The summed E-state index contributed by atoms with van der Waals surface area (Å²) in [5, 5.41) is 10.5. The highest BCUT2D eigenvalue weighted by Crippen LogP contribution is 2.29. The number of imidazole rings is 1. The van der Waals surface area contributed by atoms with Gasteiger partial charge in [0.15, 0.2) is 0 Å². The molecule has 0 saturated heterocycles. The van der Waals surface area contributed by atoms with E-state index in [1.165, 1.54) is 6.07 Å². The number of rotatable bonds is 6. The van der Waals surface area contributed by atoms with E-state index in [1.807, 2.05) is 31.2 Å². The summed E-state index contributed by atoms with van der Waals surface area (Å²) in [6, 6.07) is 14.2. The van der Waals surface area contributed by atoms with Crippen LogP contribution in [0.15, 0.2) is 71.4 Å². The third-order valence-electron chi connectivity index (χ3n) is 5.04. The lowest BCUT2D eigenvalue weighted by molar-refractivity contribution is -0.137. The van der Waals surface area contributed by atoms with E-state index in [9.17, 15) is 13.2 Å². The van der Waals surface area contributed by atoms with Crippen LogP contribution < -0.4 is 10.6 Å². The molecule has 172 valence electrons. The van der Waals surface area contributed by atoms with Crippen molar-refractivity contribution in [2.24, 2.45) is 0 Å². The van der Waals surface area contributed by atoms with Gasteiger partial charge >= 0.3 is 6.18 Å². The number of aryl methyl sites for hydroxylation is 1. The maximum atomic E-state index is 12.9. The Morgan fingerprint density at radius 2 is 1.85 bits per heavy atom. The van der Waals surface area contributed by atoms with Crippen molar-refractivity contribution in [3.05, 3.63) is 83.9 Å². The molecule has 5 rings (SSSR count). The fraction of sp³-hybridized carbons (Fsp3) is 0.130. The number of halogens is 3. The molecule has 0 aliphatic heterocycles. The van der Waals surface area contributed by atoms with Crippen molar-refractivity contribution in [3.63, 3.8) is 0 Å². The molecule has 3 aromatic heterocycles. The number of fused-ring (bicyclic) bond motifs is 1. The summed E-state index contributed by atoms with van der Waals surface area (Å²) in [4.78, 5) is 12.7. The molecule has 5 aromatic rings. The molecule has 0 fully saturated rings. The summed E-state index contributed by atoms with van der Waals surface area (Å²) >= 11 is 0. The Labute approximate surface area is 191 Å². The van der Waals surface area contributed by atoms with E-state index < -0.39 is 11.7 Å². The Morgan fingerprint density at radius 3 is 2.62 bits per heavy atom. The summed E-state index contributed by atoms with van der Waals surface area (Å²) in [5.41, 5.74) is 1.92. The predicted octanol–water partition coefficient (Wildman–Crippen LogP) is 5.46. The Hall–Kier alpha value is -4.41. The highest BCUT2D eigenvalue weighted by Gasteiger charge is 2.30. The molecule has 0 bridgehead atoms. The summed E-state index contributed by atoms with van der Waals surface area (Å²) in [7, 11) is 0. The fourth-order valence-corrected chi connectivity index (χ4v) is 3.33. The molecular formula is C23H18F3N7O. The third kappa shape index (κ3) is 4.53. The first-order valence-corrected chi connectivity index (χ1v) is 10.3. The standard InChI is InChI=1S/C23H18F3N7O/c1-14-28-13-20-33(14)32-21(34-20)16-5-7-18(8-6-16)30-22-27-10-9-19(31-22)29-12-15-3-2-4-17(11-15)23(24,25)26/h2-11,13H,12H2,1H3,(H2,27,29,30,31). The first kappa shape index (κ1) is 21.4. The Balaban J connectivity index is 1.25. The van der Waals surface area contributed by atoms with Crippen LogP contribution in [0.4, 0.5) is 30.6 Å². The average Bonchev–Trinajstić information content (AvgIpc) is 3.40. The minimum atomic E-state index is -4.38. The van der Waals surface area contributed by atoms with Crippen molar-refractivity contribution >= 4 is 23.2 Å². The van der Waals surface area contributed by atoms with E-state index >= 15 is 0 Å². The smallest absolute Gasteiger partial charge is 0.416 e. The molecule has 3 heterocycles. The molecule has 0 aliphatic rings. The van der Waals surface area contributed by atoms with Gasteiger partial charge in [-0.1, -0.05) is 12.1 Å². The molecule has 11 heteroatoms. The number of nitrogens with zero attached hydrogens (tertiary/aromatic N) is 5. The molecule has 8 nitrogen and oxygen atoms in total. The van der Waals surface area contributed by atoms with Crippen LogP contribution in [0.3, 0.4) is 0 Å². The molecule has 2 aromatic carbocycles. The van der Waals surface area contributed by atoms with Gasteiger partial charge in [-0.3, -0.25) is 0 Å². The molecule has 0 spiro atoms. The van der Waals surface area contributed by atoms with Gasteiger partial charge in [0.1, 0.15) is 11.6 Å². The Morgan fingerprint density at radius 1 is 1.03 bits per heavy atom. The number of alkyl halides is 3. The number of benzene rings is 2. The van der Waals surface area contributed by atoms with Gasteiger partial charge in [0.25, 0.3) is 0 Å². The summed E-state index contributed by atoms with van der Waals surface area (Å²) in [6.45, 7) is 2.03. The number of hydrogen-bond donors (Lipinski definition) is 2. The van der Waals surface area contributed by atoms with Crippen molar-refractivity contribution in [2.45, 2.75) is 19.6 Å². The lowest BCUT2D eigenvalue weighted by atomic mass is 10.1. The second kappa shape index (κ2) is 8.50. The topological polar surface area (TPSA) is 93.2 Å². The second-order valence-corrected chi connectivity index (χ2v) is 7.48. The van der Waals surface area contributed by atoms with E-state index in [-0.39, 0.29) is 6.54 Å². The minimum Gasteiger partial charge on any atom is -0.417 e. The van der Waals surface area contributed by atoms with Gasteiger partial charge in [-0.25, -0.2) is 9.97 Å². The Kier molecular flexibility index (Phi) is 5.36. The van der Waals surface area contributed by atoms with Crippen LogP contribution >= 0.6 is 0 Å². The molecule has 34 heavy (non-hydrogen) atoms. The van der Waals surface area contributed by atoms with E-state index in [0.717, 1.165) is 29.2 Å².